The first-order chi connectivity index (χ1) is 16.6. The van der Waals surface area contributed by atoms with Gasteiger partial charge in [0.15, 0.2) is 0 Å². The predicted octanol–water partition coefficient (Wildman–Crippen LogP) is 8.16. The average Bonchev–Trinajstić information content (AvgIpc) is 2.89. The maximum absolute atomic E-state index is 4.86. The van der Waals surface area contributed by atoms with Crippen LogP contribution in [0.4, 0.5) is 0 Å². The first-order valence-electron chi connectivity index (χ1n) is 11.4. The Morgan fingerprint density at radius 3 is 1.82 bits per heavy atom. The Labute approximate surface area is 201 Å². The molecule has 0 unspecified atom stereocenters. The molecule has 2 nitrogen and oxygen atoms in total. The van der Waals surface area contributed by atoms with E-state index < -0.39 is 0 Å². The lowest BCUT2D eigenvalue weighted by Gasteiger charge is -2.16. The van der Waals surface area contributed by atoms with E-state index in [4.69, 9.17) is 4.98 Å². The van der Waals surface area contributed by atoms with Gasteiger partial charge in [-0.15, -0.1) is 0 Å². The minimum absolute atomic E-state index is 0.945. The van der Waals surface area contributed by atoms with Gasteiger partial charge in [0.05, 0.1) is 11.4 Å². The summed E-state index contributed by atoms with van der Waals surface area (Å²) in [5.74, 6) is 0. The molecule has 0 fully saturated rings. The third-order valence-electron chi connectivity index (χ3n) is 6.17. The van der Waals surface area contributed by atoms with Crippen molar-refractivity contribution in [1.29, 1.82) is 0 Å². The molecule has 34 heavy (non-hydrogen) atoms. The van der Waals surface area contributed by atoms with E-state index >= 15 is 0 Å². The number of pyridine rings is 2. The van der Waals surface area contributed by atoms with E-state index in [-0.39, 0.29) is 0 Å². The lowest BCUT2D eigenvalue weighted by molar-refractivity contribution is 1.28. The molecule has 0 aliphatic carbocycles. The number of rotatable bonds is 5. The SMILES string of the molecule is C=C(c1ccccc1-c1cc(C)ccn1)c1ccccc1-c1cc(C)c(-c2ccccc2)cn1. The molecule has 2 heterocycles. The van der Waals surface area contributed by atoms with E-state index in [1.165, 1.54) is 16.7 Å². The smallest absolute Gasteiger partial charge is 0.0711 e. The molecular weight excluding hydrogens is 412 g/mol. The average molecular weight is 439 g/mol. The van der Waals surface area contributed by atoms with Crippen LogP contribution in [-0.2, 0) is 0 Å². The second-order valence-electron chi connectivity index (χ2n) is 8.54. The highest BCUT2D eigenvalue weighted by Gasteiger charge is 2.15. The van der Waals surface area contributed by atoms with Crippen LogP contribution in [0.25, 0.3) is 39.2 Å². The molecule has 0 aliphatic heterocycles. The first-order valence-corrected chi connectivity index (χ1v) is 11.4. The topological polar surface area (TPSA) is 25.8 Å². The minimum atomic E-state index is 0.945. The summed E-state index contributed by atoms with van der Waals surface area (Å²) in [7, 11) is 0. The fourth-order valence-corrected chi connectivity index (χ4v) is 4.39. The van der Waals surface area contributed by atoms with E-state index in [2.05, 4.69) is 110 Å². The van der Waals surface area contributed by atoms with Crippen molar-refractivity contribution in [3.63, 3.8) is 0 Å². The van der Waals surface area contributed by atoms with Crippen LogP contribution < -0.4 is 0 Å². The molecule has 0 saturated heterocycles. The molecule has 3 aromatic carbocycles. The summed E-state index contributed by atoms with van der Waals surface area (Å²) in [5.41, 5.74) is 11.9. The van der Waals surface area contributed by atoms with Crippen LogP contribution in [0.15, 0.2) is 116 Å². The van der Waals surface area contributed by atoms with Crippen LogP contribution >= 0.6 is 0 Å². The molecule has 5 aromatic rings. The predicted molar refractivity (Wildman–Crippen MR) is 142 cm³/mol. The molecule has 0 aliphatic rings. The van der Waals surface area contributed by atoms with E-state index in [0.717, 1.165) is 44.8 Å². The van der Waals surface area contributed by atoms with Crippen molar-refractivity contribution >= 4 is 5.57 Å². The standard InChI is InChI=1S/C32H26N2/c1-22-17-18-33-31(19-22)28-15-9-7-13-26(28)24(3)27-14-8-10-16-29(27)32-20-23(2)30(21-34-32)25-11-5-4-6-12-25/h4-21H,3H2,1-2H3. The lowest BCUT2D eigenvalue weighted by Crippen LogP contribution is -1.97. The molecule has 0 spiro atoms. The normalized spacial score (nSPS) is 10.8. The number of aromatic nitrogens is 2. The largest absolute Gasteiger partial charge is 0.256 e. The highest BCUT2D eigenvalue weighted by molar-refractivity contribution is 5.92. The van der Waals surface area contributed by atoms with Crippen molar-refractivity contribution in [3.05, 3.63) is 138 Å². The van der Waals surface area contributed by atoms with Crippen molar-refractivity contribution in [2.75, 3.05) is 0 Å². The van der Waals surface area contributed by atoms with Crippen molar-refractivity contribution in [1.82, 2.24) is 9.97 Å². The lowest BCUT2D eigenvalue weighted by atomic mass is 9.89. The van der Waals surface area contributed by atoms with E-state index in [9.17, 15) is 0 Å². The first kappa shape index (κ1) is 21.5. The third kappa shape index (κ3) is 4.18. The monoisotopic (exact) mass is 438 g/mol. The van der Waals surface area contributed by atoms with Gasteiger partial charge in [0.25, 0.3) is 0 Å². The Balaban J connectivity index is 1.58. The zero-order chi connectivity index (χ0) is 23.5. The Hall–Kier alpha value is -4.30. The van der Waals surface area contributed by atoms with Crippen LogP contribution in [0.5, 0.6) is 0 Å². The molecule has 0 saturated carbocycles. The maximum Gasteiger partial charge on any atom is 0.0711 e. The highest BCUT2D eigenvalue weighted by Crippen LogP contribution is 2.36. The molecule has 0 amide bonds. The van der Waals surface area contributed by atoms with Crippen molar-refractivity contribution < 1.29 is 0 Å². The molecule has 0 radical (unpaired) electrons. The Morgan fingerprint density at radius 1 is 0.618 bits per heavy atom. The quantitative estimate of drug-likeness (QED) is 0.277. The summed E-state index contributed by atoms with van der Waals surface area (Å²) in [4.78, 5) is 9.49. The van der Waals surface area contributed by atoms with Crippen LogP contribution in [0.1, 0.15) is 22.3 Å². The van der Waals surface area contributed by atoms with Gasteiger partial charge in [-0.25, -0.2) is 0 Å². The summed E-state index contributed by atoms with van der Waals surface area (Å²) in [6, 6.07) is 33.4. The molecule has 2 heteroatoms. The van der Waals surface area contributed by atoms with Crippen molar-refractivity contribution in [2.24, 2.45) is 0 Å². The number of hydrogen-bond donors (Lipinski definition) is 0. The second-order valence-corrected chi connectivity index (χ2v) is 8.54. The second kappa shape index (κ2) is 9.29. The fourth-order valence-electron chi connectivity index (χ4n) is 4.39. The van der Waals surface area contributed by atoms with Crippen LogP contribution in [0.3, 0.4) is 0 Å². The van der Waals surface area contributed by atoms with Crippen LogP contribution in [-0.4, -0.2) is 9.97 Å². The van der Waals surface area contributed by atoms with Gasteiger partial charge in [-0.05, 0) is 65.4 Å². The van der Waals surface area contributed by atoms with Gasteiger partial charge in [-0.2, -0.15) is 0 Å². The number of hydrogen-bond acceptors (Lipinski definition) is 2. The van der Waals surface area contributed by atoms with Gasteiger partial charge in [0.2, 0.25) is 0 Å². The van der Waals surface area contributed by atoms with Crippen molar-refractivity contribution in [3.8, 4) is 33.6 Å². The summed E-state index contributed by atoms with van der Waals surface area (Å²) >= 11 is 0. The third-order valence-corrected chi connectivity index (χ3v) is 6.17. The van der Waals surface area contributed by atoms with Gasteiger partial charge in [-0.1, -0.05) is 85.4 Å². The summed E-state index contributed by atoms with van der Waals surface area (Å²) in [6.07, 6.45) is 3.84. The fraction of sp³-hybridized carbons (Fsp3) is 0.0625. The molecule has 5 rings (SSSR count). The van der Waals surface area contributed by atoms with Crippen molar-refractivity contribution in [2.45, 2.75) is 13.8 Å². The summed E-state index contributed by atoms with van der Waals surface area (Å²) in [5, 5.41) is 0. The zero-order valence-electron chi connectivity index (χ0n) is 19.5. The van der Waals surface area contributed by atoms with E-state index in [0.29, 0.717) is 0 Å². The van der Waals surface area contributed by atoms with Gasteiger partial charge in [-0.3, -0.25) is 9.97 Å². The Bertz CT molecular complexity index is 1480. The molecule has 164 valence electrons. The van der Waals surface area contributed by atoms with E-state index in [1.807, 2.05) is 24.5 Å². The van der Waals surface area contributed by atoms with Crippen LogP contribution in [0.2, 0.25) is 0 Å². The summed E-state index contributed by atoms with van der Waals surface area (Å²) < 4.78 is 0. The van der Waals surface area contributed by atoms with Gasteiger partial charge in [0.1, 0.15) is 0 Å². The van der Waals surface area contributed by atoms with E-state index in [1.54, 1.807) is 0 Å². The minimum Gasteiger partial charge on any atom is -0.256 e. The molecule has 0 N–H and O–H groups in total. The van der Waals surface area contributed by atoms with Gasteiger partial charge < -0.3 is 0 Å². The van der Waals surface area contributed by atoms with Gasteiger partial charge >= 0.3 is 0 Å². The zero-order valence-corrected chi connectivity index (χ0v) is 19.5. The molecule has 2 aromatic heterocycles. The molecular formula is C32H26N2. The molecule has 0 atom stereocenters. The number of aryl methyl sites for hydroxylation is 2. The maximum atomic E-state index is 4.86. The highest BCUT2D eigenvalue weighted by atomic mass is 14.7. The number of benzene rings is 3. The van der Waals surface area contributed by atoms with Crippen LogP contribution in [0, 0.1) is 13.8 Å². The Kier molecular flexibility index (Phi) is 5.88. The van der Waals surface area contributed by atoms with Gasteiger partial charge in [0, 0.05) is 29.1 Å². The number of nitrogens with zero attached hydrogens (tertiary/aromatic N) is 2. The molecule has 0 bridgehead atoms. The summed E-state index contributed by atoms with van der Waals surface area (Å²) in [6.45, 7) is 8.75. The Morgan fingerprint density at radius 2 is 1.21 bits per heavy atom.